The standard InChI is InChI=1S/C23H21FN6O3S/c1-13-3-8-18(14(2)9-13)26-21(32)12-34-23-29-28-19(10-16-11-20(31)27-22(33)25-16)30(23)17-6-4-15(24)5-7-17/h3-9,11H,10,12H2,1-2H3,(H,26,32)(H2,25,27,31,33). The fourth-order valence-electron chi connectivity index (χ4n) is 3.41. The third kappa shape index (κ3) is 5.49. The third-order valence-corrected chi connectivity index (χ3v) is 5.87. The maximum absolute atomic E-state index is 13.5. The molecule has 0 fully saturated rings. The van der Waals surface area contributed by atoms with E-state index in [0.717, 1.165) is 28.6 Å². The minimum atomic E-state index is -0.631. The number of aromatic amines is 2. The van der Waals surface area contributed by atoms with E-state index in [-0.39, 0.29) is 18.1 Å². The molecular weight excluding hydrogens is 459 g/mol. The van der Waals surface area contributed by atoms with Crippen molar-refractivity contribution in [3.63, 3.8) is 0 Å². The highest BCUT2D eigenvalue weighted by Gasteiger charge is 2.17. The second-order valence-electron chi connectivity index (χ2n) is 7.66. The number of nitrogens with zero attached hydrogens (tertiary/aromatic N) is 3. The molecule has 0 aliphatic heterocycles. The summed E-state index contributed by atoms with van der Waals surface area (Å²) in [5.41, 5.74) is 2.54. The maximum Gasteiger partial charge on any atom is 0.325 e. The van der Waals surface area contributed by atoms with E-state index in [2.05, 4.69) is 25.5 Å². The molecule has 2 aromatic carbocycles. The molecule has 0 spiro atoms. The zero-order valence-electron chi connectivity index (χ0n) is 18.4. The highest BCUT2D eigenvalue weighted by atomic mass is 32.2. The van der Waals surface area contributed by atoms with Crippen LogP contribution in [-0.4, -0.2) is 36.4 Å². The summed E-state index contributed by atoms with van der Waals surface area (Å²) in [6.45, 7) is 3.90. The summed E-state index contributed by atoms with van der Waals surface area (Å²) in [5.74, 6) is -0.148. The molecule has 2 aromatic heterocycles. The van der Waals surface area contributed by atoms with E-state index in [4.69, 9.17) is 0 Å². The molecule has 0 aliphatic rings. The van der Waals surface area contributed by atoms with Crippen LogP contribution in [0.4, 0.5) is 10.1 Å². The van der Waals surface area contributed by atoms with Gasteiger partial charge in [0.25, 0.3) is 5.56 Å². The molecule has 34 heavy (non-hydrogen) atoms. The molecule has 1 amide bonds. The van der Waals surface area contributed by atoms with Gasteiger partial charge in [-0.05, 0) is 49.7 Å². The molecule has 0 unspecified atom stereocenters. The van der Waals surface area contributed by atoms with Crippen LogP contribution in [-0.2, 0) is 11.2 Å². The summed E-state index contributed by atoms with van der Waals surface area (Å²) in [6.07, 6.45) is 0.0961. The van der Waals surface area contributed by atoms with Gasteiger partial charge in [-0.3, -0.25) is 19.1 Å². The van der Waals surface area contributed by atoms with Gasteiger partial charge in [-0.2, -0.15) is 0 Å². The van der Waals surface area contributed by atoms with Crippen molar-refractivity contribution in [2.75, 3.05) is 11.1 Å². The van der Waals surface area contributed by atoms with Crippen molar-refractivity contribution in [1.82, 2.24) is 24.7 Å². The quantitative estimate of drug-likeness (QED) is 0.349. The number of hydrogen-bond acceptors (Lipinski definition) is 6. The van der Waals surface area contributed by atoms with Crippen LogP contribution >= 0.6 is 11.8 Å². The number of nitrogens with one attached hydrogen (secondary N) is 3. The van der Waals surface area contributed by atoms with Crippen LogP contribution in [0.15, 0.2) is 63.3 Å². The summed E-state index contributed by atoms with van der Waals surface area (Å²) < 4.78 is 15.2. The fourth-order valence-corrected chi connectivity index (χ4v) is 4.18. The lowest BCUT2D eigenvalue weighted by molar-refractivity contribution is -0.113. The summed E-state index contributed by atoms with van der Waals surface area (Å²) >= 11 is 1.16. The van der Waals surface area contributed by atoms with E-state index in [1.54, 1.807) is 16.7 Å². The van der Waals surface area contributed by atoms with E-state index in [9.17, 15) is 18.8 Å². The smallest absolute Gasteiger partial charge is 0.325 e. The van der Waals surface area contributed by atoms with Crippen LogP contribution in [0.5, 0.6) is 0 Å². The molecule has 0 aliphatic carbocycles. The fraction of sp³-hybridized carbons (Fsp3) is 0.174. The molecule has 0 radical (unpaired) electrons. The Labute approximate surface area is 197 Å². The van der Waals surface area contributed by atoms with E-state index in [1.807, 2.05) is 32.0 Å². The second-order valence-corrected chi connectivity index (χ2v) is 8.60. The van der Waals surface area contributed by atoms with E-state index in [1.165, 1.54) is 18.2 Å². The molecule has 2 heterocycles. The van der Waals surface area contributed by atoms with Crippen LogP contribution in [0.3, 0.4) is 0 Å². The molecule has 0 saturated carbocycles. The molecule has 3 N–H and O–H groups in total. The number of aromatic nitrogens is 5. The highest BCUT2D eigenvalue weighted by molar-refractivity contribution is 7.99. The van der Waals surface area contributed by atoms with E-state index >= 15 is 0 Å². The van der Waals surface area contributed by atoms with Gasteiger partial charge in [-0.1, -0.05) is 29.5 Å². The lowest BCUT2D eigenvalue weighted by Crippen LogP contribution is -2.23. The number of benzene rings is 2. The van der Waals surface area contributed by atoms with Crippen molar-refractivity contribution in [2.24, 2.45) is 0 Å². The number of H-pyrrole nitrogens is 2. The minimum absolute atomic E-state index is 0.0640. The third-order valence-electron chi connectivity index (χ3n) is 4.94. The number of carbonyl (C=O) groups excluding carboxylic acids is 1. The van der Waals surface area contributed by atoms with Crippen molar-refractivity contribution < 1.29 is 9.18 Å². The molecule has 9 nitrogen and oxygen atoms in total. The summed E-state index contributed by atoms with van der Waals surface area (Å²) in [5, 5.41) is 11.7. The lowest BCUT2D eigenvalue weighted by Gasteiger charge is -2.11. The second kappa shape index (κ2) is 9.87. The Morgan fingerprint density at radius 2 is 1.82 bits per heavy atom. The Bertz CT molecular complexity index is 1430. The van der Waals surface area contributed by atoms with Gasteiger partial charge in [0.15, 0.2) is 5.16 Å². The van der Waals surface area contributed by atoms with Crippen molar-refractivity contribution in [2.45, 2.75) is 25.4 Å². The van der Waals surface area contributed by atoms with E-state index in [0.29, 0.717) is 22.4 Å². The first-order chi connectivity index (χ1) is 16.3. The van der Waals surface area contributed by atoms with Crippen LogP contribution < -0.4 is 16.6 Å². The van der Waals surface area contributed by atoms with Gasteiger partial charge in [0.2, 0.25) is 5.91 Å². The van der Waals surface area contributed by atoms with Crippen molar-refractivity contribution in [1.29, 1.82) is 0 Å². The van der Waals surface area contributed by atoms with Gasteiger partial charge >= 0.3 is 5.69 Å². The Kier molecular flexibility index (Phi) is 6.73. The van der Waals surface area contributed by atoms with Crippen LogP contribution in [0.1, 0.15) is 22.6 Å². The van der Waals surface area contributed by atoms with Gasteiger partial charge < -0.3 is 10.3 Å². The number of aryl methyl sites for hydroxylation is 2. The summed E-state index contributed by atoms with van der Waals surface area (Å²) in [7, 11) is 0. The summed E-state index contributed by atoms with van der Waals surface area (Å²) in [4.78, 5) is 40.5. The van der Waals surface area contributed by atoms with Gasteiger partial charge in [0.05, 0.1) is 5.75 Å². The number of rotatable bonds is 7. The van der Waals surface area contributed by atoms with Crippen LogP contribution in [0.25, 0.3) is 5.69 Å². The normalized spacial score (nSPS) is 10.9. The van der Waals surface area contributed by atoms with Gasteiger partial charge in [0.1, 0.15) is 11.6 Å². The van der Waals surface area contributed by atoms with Crippen molar-refractivity contribution in [3.8, 4) is 5.69 Å². The number of amides is 1. The first-order valence-electron chi connectivity index (χ1n) is 10.3. The molecule has 4 aromatic rings. The van der Waals surface area contributed by atoms with Crippen LogP contribution in [0, 0.1) is 19.7 Å². The van der Waals surface area contributed by atoms with Gasteiger partial charge in [-0.15, -0.1) is 10.2 Å². The maximum atomic E-state index is 13.5. The molecule has 0 bridgehead atoms. The van der Waals surface area contributed by atoms with E-state index < -0.39 is 17.1 Å². The average Bonchev–Trinajstić information content (AvgIpc) is 3.16. The van der Waals surface area contributed by atoms with Crippen molar-refractivity contribution in [3.05, 3.63) is 97.8 Å². The Balaban J connectivity index is 1.59. The highest BCUT2D eigenvalue weighted by Crippen LogP contribution is 2.24. The molecule has 0 saturated heterocycles. The predicted molar refractivity (Wildman–Crippen MR) is 127 cm³/mol. The Morgan fingerprint density at radius 1 is 1.06 bits per heavy atom. The van der Waals surface area contributed by atoms with Gasteiger partial charge in [0, 0.05) is 29.6 Å². The largest absolute Gasteiger partial charge is 0.325 e. The number of thioether (sulfide) groups is 1. The zero-order valence-corrected chi connectivity index (χ0v) is 19.2. The van der Waals surface area contributed by atoms with Crippen molar-refractivity contribution >= 4 is 23.4 Å². The summed E-state index contributed by atoms with van der Waals surface area (Å²) in [6, 6.07) is 12.7. The molecule has 0 atom stereocenters. The molecule has 4 rings (SSSR count). The number of halogens is 1. The topological polar surface area (TPSA) is 126 Å². The molecule has 11 heteroatoms. The average molecular weight is 481 g/mol. The first-order valence-corrected chi connectivity index (χ1v) is 11.3. The number of carbonyl (C=O) groups is 1. The monoisotopic (exact) mass is 480 g/mol. The zero-order chi connectivity index (χ0) is 24.2. The first kappa shape index (κ1) is 23.2. The van der Waals surface area contributed by atoms with Gasteiger partial charge in [-0.25, -0.2) is 9.18 Å². The van der Waals surface area contributed by atoms with Crippen LogP contribution in [0.2, 0.25) is 0 Å². The molecule has 174 valence electrons. The molecular formula is C23H21FN6O3S. The SMILES string of the molecule is Cc1ccc(NC(=O)CSc2nnc(Cc3cc(=O)[nH]c(=O)[nH]3)n2-c2ccc(F)cc2)c(C)c1. The minimum Gasteiger partial charge on any atom is -0.325 e. The Hall–Kier alpha value is -3.99. The Morgan fingerprint density at radius 3 is 2.53 bits per heavy atom. The number of hydrogen-bond donors (Lipinski definition) is 3. The predicted octanol–water partition coefficient (Wildman–Crippen LogP) is 2.72. The lowest BCUT2D eigenvalue weighted by atomic mass is 10.1. The number of anilines is 1.